The third-order valence-corrected chi connectivity index (χ3v) is 18.8. The van der Waals surface area contributed by atoms with Crippen LogP contribution in [0, 0.1) is 0 Å². The largest absolute Gasteiger partial charge is 0.334 e. The van der Waals surface area contributed by atoms with Crippen LogP contribution in [0.2, 0.25) is 0 Å². The molecule has 3 nitrogen and oxygen atoms in total. The summed E-state index contributed by atoms with van der Waals surface area (Å²) in [7, 11) is 0. The molecule has 4 aliphatic rings. The number of rotatable bonds is 3. The molecule has 0 bridgehead atoms. The number of fused-ring (bicyclic) bond motifs is 10. The first-order valence-corrected chi connectivity index (χ1v) is 27.3. The van der Waals surface area contributed by atoms with E-state index >= 15 is 0 Å². The summed E-state index contributed by atoms with van der Waals surface area (Å²) in [6, 6.07) is 53.3. The maximum atomic E-state index is 2.83. The Balaban J connectivity index is 1.24. The van der Waals surface area contributed by atoms with Gasteiger partial charge < -0.3 is 14.7 Å². The molecule has 0 amide bonds. The molecule has 0 spiro atoms. The predicted octanol–water partition coefficient (Wildman–Crippen LogP) is 17.1. The van der Waals surface area contributed by atoms with Gasteiger partial charge in [-0.3, -0.25) is 0 Å². The van der Waals surface area contributed by atoms with Crippen molar-refractivity contribution in [2.24, 2.45) is 0 Å². The van der Waals surface area contributed by atoms with E-state index in [1.54, 1.807) is 0 Å². The van der Waals surface area contributed by atoms with Gasteiger partial charge in [0.15, 0.2) is 0 Å². The van der Waals surface area contributed by atoms with Crippen LogP contribution in [0.4, 0.5) is 45.5 Å². The second kappa shape index (κ2) is 15.4. The third-order valence-electron chi connectivity index (χ3n) is 17.6. The van der Waals surface area contributed by atoms with Gasteiger partial charge in [0.05, 0.1) is 11.2 Å². The summed E-state index contributed by atoms with van der Waals surface area (Å²) in [5.74, 6) is 0. The van der Waals surface area contributed by atoms with Crippen molar-refractivity contribution in [3.05, 3.63) is 161 Å². The molecule has 7 aromatic carbocycles. The summed E-state index contributed by atoms with van der Waals surface area (Å²) < 4.78 is 2.64. The van der Waals surface area contributed by atoms with Crippen molar-refractivity contribution in [3.63, 3.8) is 0 Å². The number of hydrogen-bond acceptors (Lipinski definition) is 4. The van der Waals surface area contributed by atoms with Crippen molar-refractivity contribution in [2.45, 2.75) is 155 Å². The fourth-order valence-electron chi connectivity index (χ4n) is 13.2. The molecule has 8 aromatic rings. The number of benzene rings is 7. The molecule has 360 valence electrons. The fourth-order valence-corrected chi connectivity index (χ4v) is 14.4. The molecule has 0 saturated heterocycles. The molecule has 1 aliphatic carbocycles. The van der Waals surface area contributed by atoms with Crippen LogP contribution in [0.3, 0.4) is 0 Å². The van der Waals surface area contributed by atoms with E-state index in [0.29, 0.717) is 0 Å². The van der Waals surface area contributed by atoms with Crippen LogP contribution in [0.5, 0.6) is 0 Å². The average Bonchev–Trinajstić information content (AvgIpc) is 3.80. The van der Waals surface area contributed by atoms with Crippen molar-refractivity contribution in [1.82, 2.24) is 0 Å². The summed E-state index contributed by atoms with van der Waals surface area (Å²) >= 11 is 1.91. The Morgan fingerprint density at radius 2 is 0.972 bits per heavy atom. The van der Waals surface area contributed by atoms with E-state index in [1.165, 1.54) is 129 Å². The van der Waals surface area contributed by atoms with Crippen LogP contribution in [0.15, 0.2) is 133 Å². The van der Waals surface area contributed by atoms with Crippen molar-refractivity contribution in [1.29, 1.82) is 0 Å². The van der Waals surface area contributed by atoms with Gasteiger partial charge in [0.25, 0.3) is 6.71 Å². The van der Waals surface area contributed by atoms with Gasteiger partial charge in [-0.2, -0.15) is 0 Å². The lowest BCUT2D eigenvalue weighted by Crippen LogP contribution is -2.62. The average molecular weight is 950 g/mol. The van der Waals surface area contributed by atoms with Gasteiger partial charge in [0.2, 0.25) is 0 Å². The van der Waals surface area contributed by atoms with Crippen LogP contribution in [0.25, 0.3) is 20.2 Å². The van der Waals surface area contributed by atoms with Crippen molar-refractivity contribution in [3.8, 4) is 0 Å². The molecular formula is C66H72BN3S. The zero-order valence-electron chi connectivity index (χ0n) is 44.9. The molecule has 5 heteroatoms. The SMILES string of the molecule is CC(C)(C)c1ccc(N2c3ccc(C(C)(C)C)cc3B3c4cc(C(C)(C)C)ccc4N(c4cccc5sc6ccccc6c45)c4cc(N5c6ccc(C(C)(C)C)cc6C6(C)CCCCC56C)cc2c43)cc1. The Morgan fingerprint density at radius 1 is 0.451 bits per heavy atom. The Hall–Kier alpha value is -5.78. The summed E-state index contributed by atoms with van der Waals surface area (Å²) in [5, 5.41) is 2.64. The van der Waals surface area contributed by atoms with Crippen LogP contribution in [0.1, 0.15) is 150 Å². The minimum absolute atomic E-state index is 0.000776. The van der Waals surface area contributed by atoms with Gasteiger partial charge >= 0.3 is 0 Å². The summed E-state index contributed by atoms with van der Waals surface area (Å²) in [6.45, 7) is 33.5. The summed E-state index contributed by atoms with van der Waals surface area (Å²) in [6.07, 6.45) is 4.79. The smallest absolute Gasteiger partial charge is 0.252 e. The first-order chi connectivity index (χ1) is 33.5. The second-order valence-corrected chi connectivity index (χ2v) is 27.3. The van der Waals surface area contributed by atoms with E-state index in [4.69, 9.17) is 0 Å². The standard InChI is InChI=1S/C66H72BN3S/c1-61(2,3)41-24-29-45(30-25-41)68-52-32-27-43(63(7,8)9)37-49(52)67-50-38-44(64(10,11)12)28-33-53(50)69(54-21-19-23-58-59(54)47-20-15-16-22-57(47)71-58)56-40-46(39-55(68)60(56)67)70-51-31-26-42(62(4,5)6)36-48(51)65(13)34-17-18-35-66(65,70)14/h15-16,19-33,36-40H,17-18,34-35H2,1-14H3. The predicted molar refractivity (Wildman–Crippen MR) is 311 cm³/mol. The first kappa shape index (κ1) is 46.3. The molecule has 2 atom stereocenters. The lowest BCUT2D eigenvalue weighted by Gasteiger charge is -2.51. The number of hydrogen-bond donors (Lipinski definition) is 0. The van der Waals surface area contributed by atoms with Crippen LogP contribution >= 0.6 is 11.3 Å². The molecule has 71 heavy (non-hydrogen) atoms. The zero-order chi connectivity index (χ0) is 49.9. The summed E-state index contributed by atoms with van der Waals surface area (Å²) in [5.41, 5.74) is 21.1. The van der Waals surface area contributed by atoms with Crippen molar-refractivity contribution in [2.75, 3.05) is 14.7 Å². The fraction of sp³-hybridized carbons (Fsp3) is 0.364. The highest BCUT2D eigenvalue weighted by atomic mass is 32.1. The quantitative estimate of drug-likeness (QED) is 0.163. The second-order valence-electron chi connectivity index (χ2n) is 26.2. The van der Waals surface area contributed by atoms with E-state index in [-0.39, 0.29) is 39.3 Å². The van der Waals surface area contributed by atoms with Crippen molar-refractivity contribution >= 4 is 100 Å². The van der Waals surface area contributed by atoms with Crippen LogP contribution in [-0.4, -0.2) is 12.3 Å². The van der Waals surface area contributed by atoms with Gasteiger partial charge in [0, 0.05) is 65.4 Å². The minimum atomic E-state index is -0.138. The third kappa shape index (κ3) is 6.87. The van der Waals surface area contributed by atoms with Crippen LogP contribution < -0.4 is 31.1 Å². The molecule has 1 fully saturated rings. The molecule has 0 N–H and O–H groups in total. The Morgan fingerprint density at radius 3 is 1.59 bits per heavy atom. The van der Waals surface area contributed by atoms with E-state index < -0.39 is 0 Å². The maximum Gasteiger partial charge on any atom is 0.252 e. The lowest BCUT2D eigenvalue weighted by molar-refractivity contribution is 0.195. The van der Waals surface area contributed by atoms with E-state index in [1.807, 2.05) is 11.3 Å². The molecule has 3 aliphatic heterocycles. The topological polar surface area (TPSA) is 9.72 Å². The first-order valence-electron chi connectivity index (χ1n) is 26.5. The Bertz CT molecular complexity index is 3480. The maximum absolute atomic E-state index is 2.83. The molecular weight excluding hydrogens is 878 g/mol. The number of anilines is 8. The molecule has 12 rings (SSSR count). The van der Waals surface area contributed by atoms with E-state index in [0.717, 1.165) is 6.42 Å². The minimum Gasteiger partial charge on any atom is -0.334 e. The van der Waals surface area contributed by atoms with E-state index in [9.17, 15) is 0 Å². The monoisotopic (exact) mass is 950 g/mol. The van der Waals surface area contributed by atoms with Gasteiger partial charge in [-0.05, 0) is 146 Å². The molecule has 0 radical (unpaired) electrons. The van der Waals surface area contributed by atoms with E-state index in [2.05, 4.69) is 245 Å². The highest BCUT2D eigenvalue weighted by Crippen LogP contribution is 2.62. The normalized spacial score (nSPS) is 19.7. The molecule has 1 aromatic heterocycles. The van der Waals surface area contributed by atoms with Gasteiger partial charge in [-0.1, -0.05) is 176 Å². The highest BCUT2D eigenvalue weighted by Gasteiger charge is 2.58. The van der Waals surface area contributed by atoms with Gasteiger partial charge in [0.1, 0.15) is 0 Å². The summed E-state index contributed by atoms with van der Waals surface area (Å²) in [4.78, 5) is 8.17. The van der Waals surface area contributed by atoms with Crippen LogP contribution in [-0.2, 0) is 27.1 Å². The Kier molecular flexibility index (Phi) is 10.0. The molecule has 4 heterocycles. The lowest BCUT2D eigenvalue weighted by atomic mass is 9.33. The molecule has 1 saturated carbocycles. The zero-order valence-corrected chi connectivity index (χ0v) is 45.7. The van der Waals surface area contributed by atoms with Gasteiger partial charge in [-0.15, -0.1) is 11.3 Å². The van der Waals surface area contributed by atoms with Gasteiger partial charge in [-0.25, -0.2) is 0 Å². The van der Waals surface area contributed by atoms with Crippen molar-refractivity contribution < 1.29 is 0 Å². The highest BCUT2D eigenvalue weighted by molar-refractivity contribution is 7.26. The Labute approximate surface area is 429 Å². The molecule has 2 unspecified atom stereocenters. The number of nitrogens with zero attached hydrogens (tertiary/aromatic N) is 3. The number of thiophene rings is 1.